The smallest absolute Gasteiger partial charge is 0.306 e. The van der Waals surface area contributed by atoms with Crippen molar-refractivity contribution in [3.63, 3.8) is 0 Å². The van der Waals surface area contributed by atoms with Crippen LogP contribution in [-0.4, -0.2) is 23.8 Å². The van der Waals surface area contributed by atoms with Crippen LogP contribution in [0.3, 0.4) is 0 Å². The van der Waals surface area contributed by atoms with Crippen molar-refractivity contribution in [3.05, 3.63) is 52.0 Å². The second kappa shape index (κ2) is 7.92. The molecule has 0 amide bonds. The minimum absolute atomic E-state index is 0.256. The van der Waals surface area contributed by atoms with E-state index in [9.17, 15) is 4.79 Å². The van der Waals surface area contributed by atoms with Crippen LogP contribution < -0.4 is 14.2 Å². The number of methoxy groups -OCH3 is 1. The van der Waals surface area contributed by atoms with Crippen LogP contribution in [0.2, 0.25) is 5.02 Å². The van der Waals surface area contributed by atoms with Gasteiger partial charge >= 0.3 is 5.97 Å². The summed E-state index contributed by atoms with van der Waals surface area (Å²) in [4.78, 5) is 11.1. The lowest BCUT2D eigenvalue weighted by atomic mass is 9.98. The van der Waals surface area contributed by atoms with Gasteiger partial charge in [0.2, 0.25) is 0 Å². The number of benzene rings is 2. The molecule has 1 heterocycles. The summed E-state index contributed by atoms with van der Waals surface area (Å²) in [7, 11) is 1.57. The van der Waals surface area contributed by atoms with E-state index in [4.69, 9.17) is 30.9 Å². The first kappa shape index (κ1) is 20.3. The number of aliphatic carboxylic acids is 1. The quantitative estimate of drug-likeness (QED) is 0.710. The minimum atomic E-state index is -0.831. The Labute approximate surface area is 170 Å². The lowest BCUT2D eigenvalue weighted by molar-refractivity contribution is -0.141. The zero-order chi connectivity index (χ0) is 20.5. The van der Waals surface area contributed by atoms with Crippen LogP contribution in [-0.2, 0) is 24.2 Å². The number of carbonyl (C=O) groups is 1. The highest BCUT2D eigenvalue weighted by Crippen LogP contribution is 2.39. The molecule has 1 unspecified atom stereocenters. The maximum Gasteiger partial charge on any atom is 0.306 e. The monoisotopic (exact) mass is 404 g/mol. The number of carboxylic acids is 1. The van der Waals surface area contributed by atoms with Crippen LogP contribution in [0.5, 0.6) is 17.2 Å². The van der Waals surface area contributed by atoms with E-state index in [1.807, 2.05) is 38.1 Å². The zero-order valence-electron chi connectivity index (χ0n) is 16.5. The summed E-state index contributed by atoms with van der Waals surface area (Å²) in [5.41, 5.74) is 2.69. The highest BCUT2D eigenvalue weighted by atomic mass is 35.5. The van der Waals surface area contributed by atoms with Crippen molar-refractivity contribution in [2.24, 2.45) is 5.92 Å². The molecule has 0 aliphatic carbocycles. The van der Waals surface area contributed by atoms with Crippen LogP contribution in [0.25, 0.3) is 0 Å². The highest BCUT2D eigenvalue weighted by Gasteiger charge is 2.32. The van der Waals surface area contributed by atoms with E-state index >= 15 is 0 Å². The molecule has 3 rings (SSSR count). The molecule has 1 aliphatic rings. The Hall–Kier alpha value is -2.40. The van der Waals surface area contributed by atoms with Crippen molar-refractivity contribution in [3.8, 4) is 17.2 Å². The first-order valence-electron chi connectivity index (χ1n) is 9.21. The van der Waals surface area contributed by atoms with E-state index < -0.39 is 11.9 Å². The Kier molecular flexibility index (Phi) is 5.75. The molecule has 0 spiro atoms. The van der Waals surface area contributed by atoms with Crippen molar-refractivity contribution in [1.82, 2.24) is 0 Å². The van der Waals surface area contributed by atoms with Crippen LogP contribution in [0.15, 0.2) is 30.3 Å². The minimum Gasteiger partial charge on any atom is -0.496 e. The second-order valence-electron chi connectivity index (χ2n) is 7.79. The standard InChI is InChI=1S/C22H25ClO5/c1-13(21(24)25)7-14-5-6-17(10-19(14)26-4)27-12-15-8-16(23)9-20-18(15)11-22(2,3)28-20/h5-6,8-10,13H,7,11-12H2,1-4H3,(H,24,25). The number of fused-ring (bicyclic) bond motifs is 1. The zero-order valence-corrected chi connectivity index (χ0v) is 17.3. The lowest BCUT2D eigenvalue weighted by Gasteiger charge is -2.16. The number of halogens is 1. The predicted molar refractivity (Wildman–Crippen MR) is 108 cm³/mol. The van der Waals surface area contributed by atoms with Gasteiger partial charge in [0, 0.05) is 23.1 Å². The second-order valence-corrected chi connectivity index (χ2v) is 8.22. The third-order valence-corrected chi connectivity index (χ3v) is 5.07. The molecule has 2 aromatic rings. The molecule has 0 saturated heterocycles. The predicted octanol–water partition coefficient (Wildman–Crippen LogP) is 4.90. The summed E-state index contributed by atoms with van der Waals surface area (Å²) >= 11 is 6.24. The van der Waals surface area contributed by atoms with Gasteiger partial charge in [-0.2, -0.15) is 0 Å². The summed E-state index contributed by atoms with van der Waals surface area (Å²) in [6.07, 6.45) is 1.19. The Bertz CT molecular complexity index is 891. The van der Waals surface area contributed by atoms with Gasteiger partial charge in [-0.15, -0.1) is 0 Å². The van der Waals surface area contributed by atoms with Gasteiger partial charge in [0.05, 0.1) is 13.0 Å². The number of ether oxygens (including phenoxy) is 3. The van der Waals surface area contributed by atoms with Gasteiger partial charge in [-0.25, -0.2) is 0 Å². The first-order chi connectivity index (χ1) is 13.2. The van der Waals surface area contributed by atoms with Gasteiger partial charge in [0.25, 0.3) is 0 Å². The summed E-state index contributed by atoms with van der Waals surface area (Å²) in [5, 5.41) is 9.74. The fourth-order valence-electron chi connectivity index (χ4n) is 3.41. The van der Waals surface area contributed by atoms with E-state index in [0.717, 1.165) is 28.9 Å². The fraction of sp³-hybridized carbons (Fsp3) is 0.409. The highest BCUT2D eigenvalue weighted by molar-refractivity contribution is 6.30. The Morgan fingerprint density at radius 2 is 2.04 bits per heavy atom. The molecule has 5 nitrogen and oxygen atoms in total. The van der Waals surface area contributed by atoms with Gasteiger partial charge < -0.3 is 19.3 Å². The third-order valence-electron chi connectivity index (χ3n) is 4.86. The third kappa shape index (κ3) is 4.53. The van der Waals surface area contributed by atoms with Crippen LogP contribution in [0.1, 0.15) is 37.5 Å². The average Bonchev–Trinajstić information content (AvgIpc) is 2.94. The summed E-state index contributed by atoms with van der Waals surface area (Å²) < 4.78 is 17.4. The number of hydrogen-bond donors (Lipinski definition) is 1. The molecule has 1 aliphatic heterocycles. The summed E-state index contributed by atoms with van der Waals surface area (Å²) in [6, 6.07) is 9.22. The van der Waals surface area contributed by atoms with Gasteiger partial charge in [-0.3, -0.25) is 4.79 Å². The van der Waals surface area contributed by atoms with Crippen molar-refractivity contribution in [2.45, 2.75) is 45.8 Å². The van der Waals surface area contributed by atoms with Gasteiger partial charge in [0.15, 0.2) is 0 Å². The molecule has 2 aromatic carbocycles. The molecule has 0 radical (unpaired) electrons. The molecule has 28 heavy (non-hydrogen) atoms. The molecular weight excluding hydrogens is 380 g/mol. The molecule has 0 fully saturated rings. The maximum atomic E-state index is 11.1. The molecule has 0 saturated carbocycles. The SMILES string of the molecule is COc1cc(OCc2cc(Cl)cc3c2CC(C)(C)O3)ccc1CC(C)C(=O)O. The molecule has 0 bridgehead atoms. The average molecular weight is 405 g/mol. The van der Waals surface area contributed by atoms with E-state index in [2.05, 4.69) is 0 Å². The lowest BCUT2D eigenvalue weighted by Crippen LogP contribution is -2.24. The maximum absolute atomic E-state index is 11.1. The van der Waals surface area contributed by atoms with Crippen molar-refractivity contribution in [2.75, 3.05) is 7.11 Å². The van der Waals surface area contributed by atoms with Crippen LogP contribution >= 0.6 is 11.6 Å². The Balaban J connectivity index is 1.76. The molecular formula is C22H25ClO5. The van der Waals surface area contributed by atoms with Gasteiger partial charge in [-0.05, 0) is 49.6 Å². The van der Waals surface area contributed by atoms with Gasteiger partial charge in [0.1, 0.15) is 29.5 Å². The molecule has 150 valence electrons. The van der Waals surface area contributed by atoms with Crippen molar-refractivity contribution < 1.29 is 24.1 Å². The molecule has 1 N–H and O–H groups in total. The normalized spacial score (nSPS) is 15.5. The summed E-state index contributed by atoms with van der Waals surface area (Å²) in [5.74, 6) is 0.758. The van der Waals surface area contributed by atoms with Gasteiger partial charge in [-0.1, -0.05) is 24.6 Å². The van der Waals surface area contributed by atoms with Crippen molar-refractivity contribution >= 4 is 17.6 Å². The number of carboxylic acid groups (broad SMARTS) is 1. The van der Waals surface area contributed by atoms with E-state index in [-0.39, 0.29) is 5.60 Å². The largest absolute Gasteiger partial charge is 0.496 e. The van der Waals surface area contributed by atoms with Crippen LogP contribution in [0, 0.1) is 5.92 Å². The number of rotatable bonds is 7. The van der Waals surface area contributed by atoms with Crippen molar-refractivity contribution in [1.29, 1.82) is 0 Å². The Morgan fingerprint density at radius 3 is 2.71 bits per heavy atom. The van der Waals surface area contributed by atoms with Crippen LogP contribution in [0.4, 0.5) is 0 Å². The summed E-state index contributed by atoms with van der Waals surface area (Å²) in [6.45, 7) is 6.13. The topological polar surface area (TPSA) is 65.0 Å². The molecule has 1 atom stereocenters. The van der Waals surface area contributed by atoms with E-state index in [1.54, 1.807) is 20.1 Å². The Morgan fingerprint density at radius 1 is 1.29 bits per heavy atom. The first-order valence-corrected chi connectivity index (χ1v) is 9.59. The van der Waals surface area contributed by atoms with E-state index in [0.29, 0.717) is 29.5 Å². The van der Waals surface area contributed by atoms with E-state index in [1.165, 1.54) is 0 Å². The number of hydrogen-bond acceptors (Lipinski definition) is 4. The molecule has 0 aromatic heterocycles. The fourth-order valence-corrected chi connectivity index (χ4v) is 3.64. The molecule has 6 heteroatoms.